The van der Waals surface area contributed by atoms with Gasteiger partial charge in [-0.2, -0.15) is 0 Å². The third kappa shape index (κ3) is 13.1. The maximum absolute atomic E-state index is 11.7. The van der Waals surface area contributed by atoms with E-state index in [1.54, 1.807) is 0 Å². The van der Waals surface area contributed by atoms with Crippen molar-refractivity contribution in [2.75, 3.05) is 26.4 Å². The highest BCUT2D eigenvalue weighted by atomic mass is 16.5. The lowest BCUT2D eigenvalue weighted by Gasteiger charge is -2.24. The van der Waals surface area contributed by atoms with Gasteiger partial charge in [0.15, 0.2) is 6.10 Å². The van der Waals surface area contributed by atoms with Crippen molar-refractivity contribution in [1.29, 1.82) is 0 Å². The van der Waals surface area contributed by atoms with Crippen LogP contribution in [-0.2, 0) is 9.53 Å². The molecule has 8 heteroatoms. The molecule has 0 aliphatic heterocycles. The van der Waals surface area contributed by atoms with Gasteiger partial charge in [-0.05, 0) is 12.8 Å². The number of carbonyl (C=O) groups excluding carboxylic acids is 1. The first-order chi connectivity index (χ1) is 13.0. The van der Waals surface area contributed by atoms with Crippen LogP contribution in [0.1, 0.15) is 64.7 Å². The van der Waals surface area contributed by atoms with E-state index in [1.165, 1.54) is 38.5 Å². The molecule has 0 rings (SSSR count). The van der Waals surface area contributed by atoms with Gasteiger partial charge in [-0.1, -0.05) is 51.9 Å². The normalized spacial score (nSPS) is 15.9. The van der Waals surface area contributed by atoms with Gasteiger partial charge in [0.05, 0.1) is 6.61 Å². The Morgan fingerprint density at radius 1 is 0.852 bits per heavy atom. The van der Waals surface area contributed by atoms with Crippen LogP contribution in [0.3, 0.4) is 0 Å². The monoisotopic (exact) mass is 393 g/mol. The Morgan fingerprint density at radius 2 is 1.41 bits per heavy atom. The van der Waals surface area contributed by atoms with Gasteiger partial charge in [-0.15, -0.1) is 0 Å². The summed E-state index contributed by atoms with van der Waals surface area (Å²) in [5.41, 5.74) is 0. The van der Waals surface area contributed by atoms with Crippen molar-refractivity contribution in [3.05, 3.63) is 0 Å². The number of unbranched alkanes of at least 4 members (excludes halogenated alkanes) is 7. The Bertz CT molecular complexity index is 357. The van der Waals surface area contributed by atoms with Crippen molar-refractivity contribution in [3.8, 4) is 0 Å². The minimum atomic E-state index is -1.89. The zero-order chi connectivity index (χ0) is 20.5. The number of rotatable bonds is 18. The van der Waals surface area contributed by atoms with Gasteiger partial charge in [0.25, 0.3) is 5.91 Å². The SMILES string of the molecule is CCCCCCCCCCOCCCNC(=O)[C@H](O)[C@@H](O)[C@H](O)[C@H](O)CO. The second kappa shape index (κ2) is 17.3. The summed E-state index contributed by atoms with van der Waals surface area (Å²) < 4.78 is 5.49. The van der Waals surface area contributed by atoms with Gasteiger partial charge in [0, 0.05) is 19.8 Å². The van der Waals surface area contributed by atoms with E-state index in [4.69, 9.17) is 9.84 Å². The van der Waals surface area contributed by atoms with Crippen LogP contribution in [0.4, 0.5) is 0 Å². The Balaban J connectivity index is 3.57. The second-order valence-electron chi connectivity index (χ2n) is 6.91. The molecule has 0 aliphatic carbocycles. The van der Waals surface area contributed by atoms with Crippen molar-refractivity contribution in [2.45, 2.75) is 89.1 Å². The zero-order valence-electron chi connectivity index (χ0n) is 16.6. The van der Waals surface area contributed by atoms with E-state index in [0.717, 1.165) is 12.8 Å². The van der Waals surface area contributed by atoms with Crippen LogP contribution in [0.15, 0.2) is 0 Å². The van der Waals surface area contributed by atoms with Crippen molar-refractivity contribution < 1.29 is 35.1 Å². The van der Waals surface area contributed by atoms with Crippen LogP contribution < -0.4 is 5.32 Å². The molecule has 4 atom stereocenters. The maximum atomic E-state index is 11.7. The smallest absolute Gasteiger partial charge is 0.251 e. The summed E-state index contributed by atoms with van der Waals surface area (Å²) in [6.07, 6.45) is 3.27. The topological polar surface area (TPSA) is 139 Å². The number of hydrogen-bond donors (Lipinski definition) is 6. The predicted molar refractivity (Wildman–Crippen MR) is 102 cm³/mol. The highest BCUT2D eigenvalue weighted by Gasteiger charge is 2.33. The standard InChI is InChI=1S/C19H39NO7/c1-2-3-4-5-6-7-8-9-12-27-13-10-11-20-19(26)18(25)17(24)16(23)15(22)14-21/h15-18,21-25H,2-14H2,1H3,(H,20,26)/t15-,16-,17+,18-/m1/s1. The first kappa shape index (κ1) is 26.2. The molecule has 0 unspecified atom stereocenters. The van der Waals surface area contributed by atoms with Crippen LogP contribution >= 0.6 is 0 Å². The fraction of sp³-hybridized carbons (Fsp3) is 0.947. The molecule has 0 aromatic carbocycles. The molecule has 0 spiro atoms. The lowest BCUT2D eigenvalue weighted by molar-refractivity contribution is -0.148. The number of hydrogen-bond acceptors (Lipinski definition) is 7. The minimum Gasteiger partial charge on any atom is -0.394 e. The lowest BCUT2D eigenvalue weighted by Crippen LogP contribution is -2.51. The number of nitrogens with one attached hydrogen (secondary N) is 1. The van der Waals surface area contributed by atoms with Gasteiger partial charge >= 0.3 is 0 Å². The van der Waals surface area contributed by atoms with Crippen molar-refractivity contribution in [3.63, 3.8) is 0 Å². The Kier molecular flexibility index (Phi) is 16.8. The van der Waals surface area contributed by atoms with Gasteiger partial charge in [0.2, 0.25) is 0 Å². The highest BCUT2D eigenvalue weighted by Crippen LogP contribution is 2.08. The summed E-state index contributed by atoms with van der Waals surface area (Å²) in [4.78, 5) is 11.7. The van der Waals surface area contributed by atoms with E-state index < -0.39 is 36.9 Å². The van der Waals surface area contributed by atoms with Crippen LogP contribution in [-0.4, -0.2) is 82.2 Å². The van der Waals surface area contributed by atoms with Gasteiger partial charge < -0.3 is 35.6 Å². The molecule has 0 saturated carbocycles. The predicted octanol–water partition coefficient (Wildman–Crippen LogP) is 0.0859. The molecule has 0 saturated heterocycles. The van der Waals surface area contributed by atoms with Crippen molar-refractivity contribution in [1.82, 2.24) is 5.32 Å². The summed E-state index contributed by atoms with van der Waals surface area (Å²) in [5.74, 6) is -0.852. The average Bonchev–Trinajstić information content (AvgIpc) is 2.68. The minimum absolute atomic E-state index is 0.263. The number of carbonyl (C=O) groups is 1. The summed E-state index contributed by atoms with van der Waals surface area (Å²) in [7, 11) is 0. The van der Waals surface area contributed by atoms with E-state index in [0.29, 0.717) is 19.6 Å². The number of amides is 1. The largest absolute Gasteiger partial charge is 0.394 e. The van der Waals surface area contributed by atoms with E-state index >= 15 is 0 Å². The Morgan fingerprint density at radius 3 is 2.00 bits per heavy atom. The quantitative estimate of drug-likeness (QED) is 0.181. The van der Waals surface area contributed by atoms with Crippen LogP contribution in [0.2, 0.25) is 0 Å². The molecule has 0 aliphatic rings. The van der Waals surface area contributed by atoms with E-state index in [2.05, 4.69) is 12.2 Å². The summed E-state index contributed by atoms with van der Waals surface area (Å²) in [6.45, 7) is 2.86. The molecule has 0 fully saturated rings. The summed E-state index contributed by atoms with van der Waals surface area (Å²) in [5, 5.41) is 49.0. The van der Waals surface area contributed by atoms with E-state index in [9.17, 15) is 25.2 Å². The summed E-state index contributed by atoms with van der Waals surface area (Å²) in [6, 6.07) is 0. The fourth-order valence-electron chi connectivity index (χ4n) is 2.61. The van der Waals surface area contributed by atoms with E-state index in [-0.39, 0.29) is 6.54 Å². The first-order valence-corrected chi connectivity index (χ1v) is 10.1. The zero-order valence-corrected chi connectivity index (χ0v) is 16.6. The molecule has 0 heterocycles. The lowest BCUT2D eigenvalue weighted by atomic mass is 10.0. The maximum Gasteiger partial charge on any atom is 0.251 e. The van der Waals surface area contributed by atoms with Crippen molar-refractivity contribution in [2.24, 2.45) is 0 Å². The Labute approximate surface area is 162 Å². The number of aliphatic hydroxyl groups excluding tert-OH is 5. The molecule has 1 amide bonds. The second-order valence-corrected chi connectivity index (χ2v) is 6.91. The molecule has 0 aromatic heterocycles. The molecule has 6 N–H and O–H groups in total. The number of aliphatic hydroxyl groups is 5. The van der Waals surface area contributed by atoms with E-state index in [1.807, 2.05) is 0 Å². The third-order valence-corrected chi connectivity index (χ3v) is 4.43. The molecule has 0 bridgehead atoms. The number of ether oxygens (including phenoxy) is 1. The molecule has 0 radical (unpaired) electrons. The van der Waals surface area contributed by atoms with Crippen LogP contribution in [0.5, 0.6) is 0 Å². The third-order valence-electron chi connectivity index (χ3n) is 4.43. The van der Waals surface area contributed by atoms with Crippen LogP contribution in [0, 0.1) is 0 Å². The van der Waals surface area contributed by atoms with Gasteiger partial charge in [-0.3, -0.25) is 4.79 Å². The summed E-state index contributed by atoms with van der Waals surface area (Å²) >= 11 is 0. The first-order valence-electron chi connectivity index (χ1n) is 10.1. The molecule has 0 aromatic rings. The molecular formula is C19H39NO7. The van der Waals surface area contributed by atoms with Crippen molar-refractivity contribution >= 4 is 5.91 Å². The Hall–Kier alpha value is -0.770. The average molecular weight is 394 g/mol. The molecular weight excluding hydrogens is 354 g/mol. The molecule has 8 nitrogen and oxygen atoms in total. The fourth-order valence-corrected chi connectivity index (χ4v) is 2.61. The highest BCUT2D eigenvalue weighted by molar-refractivity contribution is 5.81. The molecule has 27 heavy (non-hydrogen) atoms. The molecule has 162 valence electrons. The van der Waals surface area contributed by atoms with Gasteiger partial charge in [0.1, 0.15) is 18.3 Å². The van der Waals surface area contributed by atoms with Gasteiger partial charge in [-0.25, -0.2) is 0 Å². The van der Waals surface area contributed by atoms with Crippen LogP contribution in [0.25, 0.3) is 0 Å².